The Labute approximate surface area is 117 Å². The summed E-state index contributed by atoms with van der Waals surface area (Å²) in [5.41, 5.74) is 1.35. The lowest BCUT2D eigenvalue weighted by Crippen LogP contribution is -2.42. The number of carbonyl (C=O) groups excluding carboxylic acids is 1. The number of amides is 1. The van der Waals surface area contributed by atoms with E-state index in [-0.39, 0.29) is 11.9 Å². The van der Waals surface area contributed by atoms with Crippen molar-refractivity contribution in [3.8, 4) is 0 Å². The first-order chi connectivity index (χ1) is 9.49. The van der Waals surface area contributed by atoms with Crippen LogP contribution in [0.2, 0.25) is 0 Å². The van der Waals surface area contributed by atoms with Crippen molar-refractivity contribution in [2.75, 3.05) is 18.4 Å². The van der Waals surface area contributed by atoms with Crippen molar-refractivity contribution in [1.82, 2.24) is 4.90 Å². The highest BCUT2D eigenvalue weighted by molar-refractivity contribution is 5.88. The maximum absolute atomic E-state index is 12.5. The molecule has 0 saturated carbocycles. The molecule has 3 rings (SSSR count). The number of benzene rings is 1. The Hall–Kier alpha value is -2.04. The molecule has 5 heteroatoms. The number of carboxylic acids is 1. The molecule has 2 N–H and O–H groups in total. The third-order valence-electron chi connectivity index (χ3n) is 4.37. The van der Waals surface area contributed by atoms with Crippen molar-refractivity contribution in [1.29, 1.82) is 0 Å². The number of nitrogens with zero attached hydrogens (tertiary/aromatic N) is 1. The lowest BCUT2D eigenvalue weighted by atomic mass is 9.90. The van der Waals surface area contributed by atoms with E-state index in [0.717, 1.165) is 11.3 Å². The maximum atomic E-state index is 12.5. The highest BCUT2D eigenvalue weighted by Crippen LogP contribution is 2.32. The topological polar surface area (TPSA) is 69.6 Å². The molecule has 0 spiro atoms. The van der Waals surface area contributed by atoms with Gasteiger partial charge in [-0.2, -0.15) is 0 Å². The number of rotatable bonds is 2. The van der Waals surface area contributed by atoms with Gasteiger partial charge in [0.15, 0.2) is 0 Å². The van der Waals surface area contributed by atoms with Crippen LogP contribution in [-0.4, -0.2) is 41.0 Å². The molecule has 0 bridgehead atoms. The second-order valence-corrected chi connectivity index (χ2v) is 5.93. The minimum atomic E-state index is -0.824. The number of hydrogen-bond acceptors (Lipinski definition) is 3. The van der Waals surface area contributed by atoms with Crippen LogP contribution in [0.3, 0.4) is 0 Å². The van der Waals surface area contributed by atoms with Crippen molar-refractivity contribution >= 4 is 17.6 Å². The van der Waals surface area contributed by atoms with Gasteiger partial charge >= 0.3 is 5.97 Å². The smallest absolute Gasteiger partial charge is 0.311 e. The minimum Gasteiger partial charge on any atom is -0.481 e. The summed E-state index contributed by atoms with van der Waals surface area (Å²) >= 11 is 0. The van der Waals surface area contributed by atoms with Gasteiger partial charge < -0.3 is 15.3 Å². The molecule has 0 aromatic heterocycles. The summed E-state index contributed by atoms with van der Waals surface area (Å²) in [5, 5.41) is 12.5. The number of aliphatic carboxylic acids is 1. The number of fused-ring (bicyclic) bond motifs is 1. The van der Waals surface area contributed by atoms with Gasteiger partial charge in [-0.25, -0.2) is 0 Å². The monoisotopic (exact) mass is 274 g/mol. The quantitative estimate of drug-likeness (QED) is 0.854. The van der Waals surface area contributed by atoms with E-state index in [4.69, 9.17) is 0 Å². The zero-order valence-corrected chi connectivity index (χ0v) is 11.4. The molecule has 20 heavy (non-hydrogen) atoms. The molecule has 1 fully saturated rings. The van der Waals surface area contributed by atoms with E-state index in [0.29, 0.717) is 25.9 Å². The Kier molecular flexibility index (Phi) is 2.92. The van der Waals surface area contributed by atoms with Crippen molar-refractivity contribution in [2.24, 2.45) is 5.41 Å². The lowest BCUT2D eigenvalue weighted by molar-refractivity contribution is -0.147. The van der Waals surface area contributed by atoms with Gasteiger partial charge in [0, 0.05) is 25.2 Å². The first-order valence-corrected chi connectivity index (χ1v) is 6.86. The lowest BCUT2D eigenvalue weighted by Gasteiger charge is -2.23. The minimum absolute atomic E-state index is 0.00572. The Morgan fingerprint density at radius 2 is 2.15 bits per heavy atom. The van der Waals surface area contributed by atoms with Crippen LogP contribution in [0.4, 0.5) is 5.69 Å². The molecule has 2 atom stereocenters. The molecule has 0 radical (unpaired) electrons. The molecule has 106 valence electrons. The van der Waals surface area contributed by atoms with Gasteiger partial charge in [0.2, 0.25) is 5.91 Å². The van der Waals surface area contributed by atoms with E-state index in [2.05, 4.69) is 5.32 Å². The molecule has 2 heterocycles. The number of nitrogens with one attached hydrogen (secondary N) is 1. The second-order valence-electron chi connectivity index (χ2n) is 5.93. The van der Waals surface area contributed by atoms with Crippen LogP contribution in [0.25, 0.3) is 0 Å². The third kappa shape index (κ3) is 2.03. The first kappa shape index (κ1) is 13.0. The van der Waals surface area contributed by atoms with E-state index in [9.17, 15) is 14.7 Å². The second kappa shape index (κ2) is 4.51. The van der Waals surface area contributed by atoms with Crippen LogP contribution in [-0.2, 0) is 16.0 Å². The van der Waals surface area contributed by atoms with E-state index < -0.39 is 11.4 Å². The molecule has 2 aliphatic heterocycles. The largest absolute Gasteiger partial charge is 0.481 e. The van der Waals surface area contributed by atoms with Gasteiger partial charge in [-0.1, -0.05) is 18.2 Å². The van der Waals surface area contributed by atoms with Gasteiger partial charge in [-0.05, 0) is 25.0 Å². The molecule has 0 aliphatic carbocycles. The maximum Gasteiger partial charge on any atom is 0.311 e. The molecular weight excluding hydrogens is 256 g/mol. The SMILES string of the molecule is CC1(C(=O)O)CCN(C(=O)C2Cc3ccccc3N2)C1. The summed E-state index contributed by atoms with van der Waals surface area (Å²) in [7, 11) is 0. The normalized spacial score (nSPS) is 28.1. The summed E-state index contributed by atoms with van der Waals surface area (Å²) in [5.74, 6) is -0.818. The Morgan fingerprint density at radius 1 is 1.40 bits per heavy atom. The first-order valence-electron chi connectivity index (χ1n) is 6.86. The van der Waals surface area contributed by atoms with Crippen LogP contribution in [0.15, 0.2) is 24.3 Å². The fraction of sp³-hybridized carbons (Fsp3) is 0.467. The van der Waals surface area contributed by atoms with Gasteiger partial charge in [-0.15, -0.1) is 0 Å². The number of para-hydroxylation sites is 1. The van der Waals surface area contributed by atoms with E-state index in [1.54, 1.807) is 11.8 Å². The van der Waals surface area contributed by atoms with E-state index in [1.165, 1.54) is 0 Å². The molecule has 2 aliphatic rings. The zero-order chi connectivity index (χ0) is 14.3. The van der Waals surface area contributed by atoms with E-state index >= 15 is 0 Å². The van der Waals surface area contributed by atoms with Crippen LogP contribution >= 0.6 is 0 Å². The average Bonchev–Trinajstić information content (AvgIpc) is 3.02. The number of carboxylic acid groups (broad SMARTS) is 1. The summed E-state index contributed by atoms with van der Waals surface area (Å²) < 4.78 is 0. The standard InChI is InChI=1S/C15H18N2O3/c1-15(14(19)20)6-7-17(9-15)13(18)12-8-10-4-2-3-5-11(10)16-12/h2-5,12,16H,6-9H2,1H3,(H,19,20). The van der Waals surface area contributed by atoms with Crippen molar-refractivity contribution in [2.45, 2.75) is 25.8 Å². The van der Waals surface area contributed by atoms with Gasteiger partial charge in [0.25, 0.3) is 0 Å². The summed E-state index contributed by atoms with van der Waals surface area (Å²) in [4.78, 5) is 25.4. The van der Waals surface area contributed by atoms with E-state index in [1.807, 2.05) is 24.3 Å². The summed E-state index contributed by atoms with van der Waals surface area (Å²) in [6.45, 7) is 2.53. The summed E-state index contributed by atoms with van der Waals surface area (Å²) in [6, 6.07) is 7.62. The van der Waals surface area contributed by atoms with Crippen LogP contribution in [0, 0.1) is 5.41 Å². The van der Waals surface area contributed by atoms with Crippen molar-refractivity contribution < 1.29 is 14.7 Å². The fourth-order valence-electron chi connectivity index (χ4n) is 2.99. The van der Waals surface area contributed by atoms with Gasteiger partial charge in [0.1, 0.15) is 6.04 Å². The number of hydrogen-bond donors (Lipinski definition) is 2. The molecule has 5 nitrogen and oxygen atoms in total. The summed E-state index contributed by atoms with van der Waals surface area (Å²) in [6.07, 6.45) is 1.20. The molecule has 1 aromatic rings. The highest BCUT2D eigenvalue weighted by atomic mass is 16.4. The average molecular weight is 274 g/mol. The van der Waals surface area contributed by atoms with Crippen molar-refractivity contribution in [3.05, 3.63) is 29.8 Å². The zero-order valence-electron chi connectivity index (χ0n) is 11.4. The predicted octanol–water partition coefficient (Wildman–Crippen LogP) is 1.35. The Balaban J connectivity index is 1.69. The van der Waals surface area contributed by atoms with Crippen molar-refractivity contribution in [3.63, 3.8) is 0 Å². The third-order valence-corrected chi connectivity index (χ3v) is 4.37. The molecular formula is C15H18N2O3. The molecule has 1 aromatic carbocycles. The molecule has 1 amide bonds. The number of carbonyl (C=O) groups is 2. The number of anilines is 1. The molecule has 2 unspecified atom stereocenters. The Bertz CT molecular complexity index is 547. The van der Waals surface area contributed by atoms with Gasteiger partial charge in [0.05, 0.1) is 5.41 Å². The fourth-order valence-corrected chi connectivity index (χ4v) is 2.99. The van der Waals surface area contributed by atoms with Crippen LogP contribution in [0.1, 0.15) is 18.9 Å². The van der Waals surface area contributed by atoms with Crippen LogP contribution in [0.5, 0.6) is 0 Å². The Morgan fingerprint density at radius 3 is 2.80 bits per heavy atom. The molecule has 1 saturated heterocycles. The number of likely N-dealkylation sites (tertiary alicyclic amines) is 1. The highest BCUT2D eigenvalue weighted by Gasteiger charge is 2.43. The predicted molar refractivity (Wildman–Crippen MR) is 74.5 cm³/mol. The van der Waals surface area contributed by atoms with Gasteiger partial charge in [-0.3, -0.25) is 9.59 Å². The van der Waals surface area contributed by atoms with Crippen LogP contribution < -0.4 is 5.32 Å².